The fraction of sp³-hybridized carbons (Fsp3) is 0.571. The van der Waals surface area contributed by atoms with Crippen molar-refractivity contribution < 1.29 is 42.7 Å². The summed E-state index contributed by atoms with van der Waals surface area (Å²) in [5.41, 5.74) is 5.37. The molecule has 67 heavy (non-hydrogen) atoms. The molecule has 0 aromatic carbocycles. The van der Waals surface area contributed by atoms with Gasteiger partial charge in [-0.15, -0.1) is 0 Å². The van der Waals surface area contributed by atoms with Crippen molar-refractivity contribution in [3.05, 3.63) is 134 Å². The topological polar surface area (TPSA) is 155 Å². The zero-order chi connectivity index (χ0) is 49.0. The number of nitrogens with two attached hydrogens (primary N) is 1. The van der Waals surface area contributed by atoms with Crippen molar-refractivity contribution in [1.29, 1.82) is 0 Å². The number of hydrogen-bond donors (Lipinski definition) is 3. The van der Waals surface area contributed by atoms with Gasteiger partial charge < -0.3 is 25.2 Å². The molecule has 0 aromatic rings. The van der Waals surface area contributed by atoms with Crippen LogP contribution in [0, 0.1) is 0 Å². The predicted molar refractivity (Wildman–Crippen MR) is 281 cm³/mol. The molecule has 0 radical (unpaired) electrons. The maximum atomic E-state index is 12.7. The molecule has 0 saturated carbocycles. The number of unbranched alkanes of at least 4 members (excludes halogenated alkanes) is 10. The molecule has 0 aromatic heterocycles. The van der Waals surface area contributed by atoms with Gasteiger partial charge in [0.25, 0.3) is 0 Å². The number of aliphatic carboxylic acids is 1. The molecular weight excluding hydrogens is 862 g/mol. The van der Waals surface area contributed by atoms with Gasteiger partial charge in [-0.25, -0.2) is 4.57 Å². The zero-order valence-electron chi connectivity index (χ0n) is 41.4. The van der Waals surface area contributed by atoms with Crippen LogP contribution in [-0.4, -0.2) is 60.5 Å². The first-order valence-electron chi connectivity index (χ1n) is 25.2. The molecule has 0 bridgehead atoms. The van der Waals surface area contributed by atoms with E-state index in [-0.39, 0.29) is 13.0 Å². The van der Waals surface area contributed by atoms with Crippen LogP contribution in [0.5, 0.6) is 0 Å². The number of phosphoric acid groups is 1. The fourth-order valence-electron chi connectivity index (χ4n) is 6.10. The Morgan fingerprint density at radius 1 is 0.478 bits per heavy atom. The molecular formula is C56H90NO9P. The van der Waals surface area contributed by atoms with Crippen molar-refractivity contribution in [2.45, 2.75) is 180 Å². The van der Waals surface area contributed by atoms with Crippen molar-refractivity contribution >= 4 is 19.8 Å². The van der Waals surface area contributed by atoms with Gasteiger partial charge in [-0.3, -0.25) is 18.6 Å². The number of rotatable bonds is 46. The van der Waals surface area contributed by atoms with Gasteiger partial charge in [-0.2, -0.15) is 0 Å². The highest BCUT2D eigenvalue weighted by molar-refractivity contribution is 7.47. The molecule has 10 nitrogen and oxygen atoms in total. The first kappa shape index (κ1) is 63.1. The molecule has 0 amide bonds. The average Bonchev–Trinajstić information content (AvgIpc) is 3.31. The van der Waals surface area contributed by atoms with E-state index < -0.39 is 45.1 Å². The van der Waals surface area contributed by atoms with E-state index in [0.29, 0.717) is 13.0 Å². The summed E-state index contributed by atoms with van der Waals surface area (Å²) < 4.78 is 33.5. The number of phosphoric ester groups is 1. The van der Waals surface area contributed by atoms with Crippen LogP contribution in [0.15, 0.2) is 134 Å². The van der Waals surface area contributed by atoms with Crippen molar-refractivity contribution in [3.8, 4) is 0 Å². The summed E-state index contributed by atoms with van der Waals surface area (Å²) in [6.45, 7) is 3.56. The van der Waals surface area contributed by atoms with Crippen molar-refractivity contribution in [1.82, 2.24) is 0 Å². The summed E-state index contributed by atoms with van der Waals surface area (Å²) in [6.07, 6.45) is 70.7. The third kappa shape index (κ3) is 49.8. The maximum Gasteiger partial charge on any atom is 0.472 e. The number of carbonyl (C=O) groups excluding carboxylic acids is 1. The van der Waals surface area contributed by atoms with Gasteiger partial charge in [0.2, 0.25) is 0 Å². The quantitative estimate of drug-likeness (QED) is 0.0232. The third-order valence-electron chi connectivity index (χ3n) is 9.93. The summed E-state index contributed by atoms with van der Waals surface area (Å²) in [6, 6.07) is -1.49. The van der Waals surface area contributed by atoms with Crippen molar-refractivity contribution in [2.75, 3.05) is 26.4 Å². The molecule has 3 unspecified atom stereocenters. The van der Waals surface area contributed by atoms with Crippen LogP contribution in [0.3, 0.4) is 0 Å². The standard InChI is InChI=1S/C56H90NO9P/c1-3-5-7-9-11-13-15-17-19-21-23-25-27-28-30-32-34-36-38-40-42-44-46-48-55(58)66-53(51-64-67(61,62)65-52-54(57)56(59)60)50-63-49-47-45-43-41-39-37-35-33-31-29-26-24-22-20-18-16-14-12-10-8-6-4-2/h5-8,11-14,17-20,23-26,28,30-31,33-34,36,53-54H,3-4,9-10,15-16,21-22,27,29,32,35,37-52,57H2,1-2H3,(H,59,60)(H,61,62)/b7-5-,8-6-,13-11-,14-12-,19-17-,20-18-,25-23-,26-24-,30-28-,33-31-,36-34-. The molecule has 4 N–H and O–H groups in total. The minimum absolute atomic E-state index is 0.0143. The Morgan fingerprint density at radius 3 is 1.22 bits per heavy atom. The second kappa shape index (κ2) is 50.0. The molecule has 0 saturated heterocycles. The number of carboxylic acids is 1. The van der Waals surface area contributed by atoms with Crippen LogP contribution in [0.4, 0.5) is 0 Å². The minimum Gasteiger partial charge on any atom is -0.480 e. The lowest BCUT2D eigenvalue weighted by molar-refractivity contribution is -0.154. The van der Waals surface area contributed by atoms with E-state index in [0.717, 1.165) is 128 Å². The average molecular weight is 952 g/mol. The Labute approximate surface area is 406 Å². The van der Waals surface area contributed by atoms with Crippen LogP contribution in [-0.2, 0) is 32.7 Å². The van der Waals surface area contributed by atoms with Crippen LogP contribution in [0.25, 0.3) is 0 Å². The first-order valence-corrected chi connectivity index (χ1v) is 26.7. The van der Waals surface area contributed by atoms with E-state index in [1.54, 1.807) is 0 Å². The Kier molecular flexibility index (Phi) is 47.1. The SMILES string of the molecule is CC/C=C\C/C=C\C/C=C\C/C=C\C/C=C\C/C=C\CCCCCCC(=O)OC(COCCCCCCCC/C=C\C/C=C\C/C=C\C/C=C\C/C=C\CC)COP(=O)(O)OCC(N)C(=O)O. The lowest BCUT2D eigenvalue weighted by atomic mass is 10.1. The van der Waals surface area contributed by atoms with Gasteiger partial charge in [-0.1, -0.05) is 186 Å². The second-order valence-corrected chi connectivity index (χ2v) is 17.6. The summed E-state index contributed by atoms with van der Waals surface area (Å²) in [5, 5.41) is 8.93. The van der Waals surface area contributed by atoms with Gasteiger partial charge in [0, 0.05) is 13.0 Å². The van der Waals surface area contributed by atoms with Gasteiger partial charge in [0.05, 0.1) is 19.8 Å². The molecule has 0 aliphatic carbocycles. The summed E-state index contributed by atoms with van der Waals surface area (Å²) in [5.74, 6) is -1.82. The number of carbonyl (C=O) groups is 2. The maximum absolute atomic E-state index is 12.7. The lowest BCUT2D eigenvalue weighted by Gasteiger charge is -2.20. The first-order chi connectivity index (χ1) is 32.7. The second-order valence-electron chi connectivity index (χ2n) is 16.2. The van der Waals surface area contributed by atoms with E-state index in [1.807, 2.05) is 0 Å². The molecule has 0 aliphatic heterocycles. The zero-order valence-corrected chi connectivity index (χ0v) is 42.3. The number of ether oxygens (including phenoxy) is 2. The molecule has 11 heteroatoms. The Hall–Kier alpha value is -3.89. The van der Waals surface area contributed by atoms with Gasteiger partial charge in [0.1, 0.15) is 12.1 Å². The number of esters is 1. The highest BCUT2D eigenvalue weighted by Gasteiger charge is 2.27. The predicted octanol–water partition coefficient (Wildman–Crippen LogP) is 15.0. The molecule has 378 valence electrons. The summed E-state index contributed by atoms with van der Waals surface area (Å²) in [4.78, 5) is 33.7. The Morgan fingerprint density at radius 2 is 0.821 bits per heavy atom. The van der Waals surface area contributed by atoms with Crippen LogP contribution in [0.2, 0.25) is 0 Å². The van der Waals surface area contributed by atoms with Gasteiger partial charge in [-0.05, 0) is 109 Å². The third-order valence-corrected chi connectivity index (χ3v) is 10.9. The monoisotopic (exact) mass is 952 g/mol. The van der Waals surface area contributed by atoms with Crippen LogP contribution < -0.4 is 5.73 Å². The molecule has 0 aliphatic rings. The summed E-state index contributed by atoms with van der Waals surface area (Å²) in [7, 11) is -4.65. The largest absolute Gasteiger partial charge is 0.480 e. The van der Waals surface area contributed by atoms with E-state index in [2.05, 4.69) is 148 Å². The number of carboxylic acid groups (broad SMARTS) is 1. The molecule has 0 spiro atoms. The van der Waals surface area contributed by atoms with E-state index >= 15 is 0 Å². The minimum atomic E-state index is -4.65. The van der Waals surface area contributed by atoms with Gasteiger partial charge >= 0.3 is 19.8 Å². The summed E-state index contributed by atoms with van der Waals surface area (Å²) >= 11 is 0. The fourth-order valence-corrected chi connectivity index (χ4v) is 6.88. The molecule has 0 fully saturated rings. The molecule has 0 rings (SSSR count). The number of hydrogen-bond acceptors (Lipinski definition) is 8. The lowest BCUT2D eigenvalue weighted by Crippen LogP contribution is -2.34. The molecule has 0 heterocycles. The molecule has 3 atom stereocenters. The Bertz CT molecular complexity index is 1570. The van der Waals surface area contributed by atoms with Crippen LogP contribution in [0.1, 0.15) is 168 Å². The van der Waals surface area contributed by atoms with E-state index in [4.69, 9.17) is 29.4 Å². The normalized spacial score (nSPS) is 14.8. The van der Waals surface area contributed by atoms with E-state index in [1.165, 1.54) is 12.8 Å². The number of allylic oxidation sites excluding steroid dienone is 22. The van der Waals surface area contributed by atoms with E-state index in [9.17, 15) is 19.0 Å². The van der Waals surface area contributed by atoms with Gasteiger partial charge in [0.15, 0.2) is 0 Å². The van der Waals surface area contributed by atoms with Crippen molar-refractivity contribution in [2.24, 2.45) is 5.73 Å². The highest BCUT2D eigenvalue weighted by Crippen LogP contribution is 2.43. The van der Waals surface area contributed by atoms with Crippen molar-refractivity contribution in [3.63, 3.8) is 0 Å². The smallest absolute Gasteiger partial charge is 0.472 e. The van der Waals surface area contributed by atoms with Crippen LogP contribution >= 0.6 is 7.82 Å². The Balaban J connectivity index is 4.30. The highest BCUT2D eigenvalue weighted by atomic mass is 31.2.